The topological polar surface area (TPSA) is 129 Å². The van der Waals surface area contributed by atoms with E-state index in [-0.39, 0.29) is 17.0 Å². The van der Waals surface area contributed by atoms with Gasteiger partial charge in [0, 0.05) is 31.5 Å². The predicted molar refractivity (Wildman–Crippen MR) is 140 cm³/mol. The summed E-state index contributed by atoms with van der Waals surface area (Å²) in [7, 11) is -3.84. The number of hydrogen-bond donors (Lipinski definition) is 2. The van der Waals surface area contributed by atoms with Gasteiger partial charge in [-0.2, -0.15) is 4.98 Å². The number of hydrogen-bond acceptors (Lipinski definition) is 9. The zero-order valence-corrected chi connectivity index (χ0v) is 21.8. The average molecular weight is 531 g/mol. The fraction of sp³-hybridized carbons (Fsp3) is 0.500. The second kappa shape index (κ2) is 11.3. The van der Waals surface area contributed by atoms with Crippen LogP contribution in [0.4, 0.5) is 6.01 Å². The summed E-state index contributed by atoms with van der Waals surface area (Å²) >= 11 is 0. The molecule has 3 heterocycles. The minimum atomic E-state index is -3.84. The molecule has 0 bridgehead atoms. The Kier molecular flexibility index (Phi) is 7.84. The number of rotatable bonds is 9. The number of nitrogens with zero attached hydrogens (tertiary/aromatic N) is 2. The lowest BCUT2D eigenvalue weighted by molar-refractivity contribution is 0.0254. The molecule has 0 radical (unpaired) electrons. The summed E-state index contributed by atoms with van der Waals surface area (Å²) in [6.07, 6.45) is 3.69. The highest BCUT2D eigenvalue weighted by atomic mass is 32.2. The van der Waals surface area contributed by atoms with Gasteiger partial charge in [-0.05, 0) is 68.8 Å². The van der Waals surface area contributed by atoms with Crippen LogP contribution in [-0.2, 0) is 21.3 Å². The van der Waals surface area contributed by atoms with E-state index in [1.54, 1.807) is 6.07 Å². The predicted octanol–water partition coefficient (Wildman–Crippen LogP) is 3.19. The summed E-state index contributed by atoms with van der Waals surface area (Å²) in [5.41, 5.74) is 1.97. The second-order valence-corrected chi connectivity index (χ2v) is 11.0. The van der Waals surface area contributed by atoms with Gasteiger partial charge in [-0.25, -0.2) is 13.6 Å². The van der Waals surface area contributed by atoms with Crippen LogP contribution in [-0.4, -0.2) is 58.5 Å². The van der Waals surface area contributed by atoms with Crippen molar-refractivity contribution in [3.8, 4) is 11.5 Å². The maximum atomic E-state index is 11.8. The van der Waals surface area contributed by atoms with Gasteiger partial charge < -0.3 is 28.8 Å². The van der Waals surface area contributed by atoms with Crippen molar-refractivity contribution in [1.82, 2.24) is 10.3 Å². The molecule has 2 saturated heterocycles. The molecule has 0 spiro atoms. The molecule has 2 aliphatic heterocycles. The van der Waals surface area contributed by atoms with Gasteiger partial charge in [-0.1, -0.05) is 0 Å². The van der Waals surface area contributed by atoms with Crippen LogP contribution in [0.5, 0.6) is 11.5 Å². The highest BCUT2D eigenvalue weighted by molar-refractivity contribution is 7.89. The minimum absolute atomic E-state index is 0.00702. The first-order valence-electron chi connectivity index (χ1n) is 12.8. The molecule has 2 aromatic carbocycles. The van der Waals surface area contributed by atoms with Crippen LogP contribution in [0.2, 0.25) is 0 Å². The van der Waals surface area contributed by atoms with E-state index in [9.17, 15) is 8.42 Å². The van der Waals surface area contributed by atoms with Crippen LogP contribution in [0.1, 0.15) is 38.2 Å². The third kappa shape index (κ3) is 6.35. The second-order valence-electron chi connectivity index (χ2n) is 9.46. The van der Waals surface area contributed by atoms with E-state index in [4.69, 9.17) is 23.8 Å². The summed E-state index contributed by atoms with van der Waals surface area (Å²) in [5.74, 6) is 1.52. The van der Waals surface area contributed by atoms with Crippen LogP contribution < -0.4 is 24.8 Å². The first kappa shape index (κ1) is 25.8. The molecule has 0 atom stereocenters. The molecule has 1 aromatic heterocycles. The average Bonchev–Trinajstić information content (AvgIpc) is 3.31. The number of nitrogens with one attached hydrogen (secondary N) is 1. The molecule has 37 heavy (non-hydrogen) atoms. The molecule has 0 saturated carbocycles. The van der Waals surface area contributed by atoms with Crippen molar-refractivity contribution in [3.05, 3.63) is 42.0 Å². The summed E-state index contributed by atoms with van der Waals surface area (Å²) in [6.45, 7) is 6.25. The Hall–Kier alpha value is -2.86. The zero-order chi connectivity index (χ0) is 25.8. The van der Waals surface area contributed by atoms with Gasteiger partial charge >= 0.3 is 0 Å². The van der Waals surface area contributed by atoms with Gasteiger partial charge in [0.15, 0.2) is 5.58 Å². The molecule has 0 amide bonds. The molecule has 0 aliphatic carbocycles. The minimum Gasteiger partial charge on any atom is -0.494 e. The Labute approximate surface area is 217 Å². The maximum Gasteiger partial charge on any atom is 0.298 e. The number of primary sulfonamides is 1. The van der Waals surface area contributed by atoms with E-state index in [0.29, 0.717) is 43.5 Å². The van der Waals surface area contributed by atoms with Crippen LogP contribution >= 0.6 is 0 Å². The largest absolute Gasteiger partial charge is 0.494 e. The molecular weight excluding hydrogens is 496 g/mol. The number of sulfonamides is 1. The van der Waals surface area contributed by atoms with Crippen molar-refractivity contribution in [2.24, 2.45) is 5.14 Å². The first-order valence-corrected chi connectivity index (χ1v) is 14.4. The van der Waals surface area contributed by atoms with Gasteiger partial charge in [0.05, 0.1) is 24.7 Å². The Morgan fingerprint density at radius 3 is 2.57 bits per heavy atom. The summed E-state index contributed by atoms with van der Waals surface area (Å²) in [5, 5.41) is 8.73. The molecule has 10 nitrogen and oxygen atoms in total. The first-order chi connectivity index (χ1) is 17.9. The van der Waals surface area contributed by atoms with Crippen LogP contribution in [0.25, 0.3) is 11.1 Å². The molecule has 3 aromatic rings. The van der Waals surface area contributed by atoms with Crippen molar-refractivity contribution in [1.29, 1.82) is 0 Å². The fourth-order valence-electron chi connectivity index (χ4n) is 4.89. The summed E-state index contributed by atoms with van der Waals surface area (Å²) < 4.78 is 47.5. The number of ether oxygens (including phenoxy) is 3. The Bertz CT molecular complexity index is 1320. The monoisotopic (exact) mass is 530 g/mol. The maximum absolute atomic E-state index is 11.8. The number of fused-ring (bicyclic) bond motifs is 1. The zero-order valence-electron chi connectivity index (χ0n) is 21.0. The fourth-order valence-corrected chi connectivity index (χ4v) is 5.42. The van der Waals surface area contributed by atoms with E-state index >= 15 is 0 Å². The standard InChI is InChI=1S/C26H34N4O6S/c1-2-34-21-13-18(14-22(15-21)35-20-7-11-33-12-8-20)17-30(19-5-9-28-10-6-19)26-29-24-16-23(37(27,31)32)3-4-25(24)36-26/h3-4,13-16,19-20,28H,2,5-12,17H2,1H3,(H2,27,31,32). The lowest BCUT2D eigenvalue weighted by Crippen LogP contribution is -2.43. The molecule has 3 N–H and O–H groups in total. The van der Waals surface area contributed by atoms with E-state index in [0.717, 1.165) is 55.8 Å². The normalized spacial score (nSPS) is 17.7. The van der Waals surface area contributed by atoms with E-state index in [1.165, 1.54) is 12.1 Å². The summed E-state index contributed by atoms with van der Waals surface area (Å²) in [6, 6.07) is 11.1. The van der Waals surface area contributed by atoms with Crippen molar-refractivity contribution in [2.75, 3.05) is 37.8 Å². The van der Waals surface area contributed by atoms with Gasteiger partial charge in [0.1, 0.15) is 23.1 Å². The Morgan fingerprint density at radius 1 is 1.08 bits per heavy atom. The third-order valence-corrected chi connectivity index (χ3v) is 7.66. The third-order valence-electron chi connectivity index (χ3n) is 6.75. The number of aromatic nitrogens is 1. The molecule has 11 heteroatoms. The molecule has 0 unspecified atom stereocenters. The van der Waals surface area contributed by atoms with Crippen molar-refractivity contribution < 1.29 is 27.0 Å². The quantitative estimate of drug-likeness (QED) is 0.428. The number of oxazole rings is 1. The molecular formula is C26H34N4O6S. The van der Waals surface area contributed by atoms with Crippen LogP contribution in [0.3, 0.4) is 0 Å². The van der Waals surface area contributed by atoms with E-state index in [2.05, 4.69) is 15.2 Å². The molecule has 200 valence electrons. The number of benzene rings is 2. The molecule has 2 aliphatic rings. The highest BCUT2D eigenvalue weighted by Crippen LogP contribution is 2.31. The number of nitrogens with two attached hydrogens (primary N) is 1. The van der Waals surface area contributed by atoms with Crippen LogP contribution in [0, 0.1) is 0 Å². The van der Waals surface area contributed by atoms with Gasteiger partial charge in [0.2, 0.25) is 10.0 Å². The molecule has 5 rings (SSSR count). The number of anilines is 1. The van der Waals surface area contributed by atoms with Crippen LogP contribution in [0.15, 0.2) is 45.7 Å². The SMILES string of the molecule is CCOc1cc(CN(c2nc3cc(S(N)(=O)=O)ccc3o2)C2CCNCC2)cc(OC2CCOCC2)c1. The van der Waals surface area contributed by atoms with Gasteiger partial charge in [-0.3, -0.25) is 0 Å². The van der Waals surface area contributed by atoms with Gasteiger partial charge in [0.25, 0.3) is 6.01 Å². The van der Waals surface area contributed by atoms with E-state index < -0.39 is 10.0 Å². The number of piperidine rings is 1. The Morgan fingerprint density at radius 2 is 1.84 bits per heavy atom. The van der Waals surface area contributed by atoms with Crippen molar-refractivity contribution >= 4 is 27.1 Å². The highest BCUT2D eigenvalue weighted by Gasteiger charge is 2.27. The lowest BCUT2D eigenvalue weighted by Gasteiger charge is -2.33. The lowest BCUT2D eigenvalue weighted by atomic mass is 10.0. The smallest absolute Gasteiger partial charge is 0.298 e. The summed E-state index contributed by atoms with van der Waals surface area (Å²) in [4.78, 5) is 6.84. The van der Waals surface area contributed by atoms with Crippen molar-refractivity contribution in [3.63, 3.8) is 0 Å². The van der Waals surface area contributed by atoms with Crippen molar-refractivity contribution in [2.45, 2.75) is 56.2 Å². The Balaban J connectivity index is 1.47. The van der Waals surface area contributed by atoms with E-state index in [1.807, 2.05) is 25.1 Å². The molecule has 2 fully saturated rings. The van der Waals surface area contributed by atoms with Gasteiger partial charge in [-0.15, -0.1) is 0 Å².